The van der Waals surface area contributed by atoms with Crippen LogP contribution in [0.25, 0.3) is 0 Å². The van der Waals surface area contributed by atoms with Gasteiger partial charge in [0.15, 0.2) is 0 Å². The van der Waals surface area contributed by atoms with Gasteiger partial charge in [-0.25, -0.2) is 4.98 Å². The third-order valence-electron chi connectivity index (χ3n) is 7.68. The Morgan fingerprint density at radius 2 is 0.756 bits per heavy atom. The van der Waals surface area contributed by atoms with Crippen LogP contribution in [0.3, 0.4) is 0 Å². The van der Waals surface area contributed by atoms with Crippen molar-refractivity contribution in [2.45, 2.75) is 126 Å². The van der Waals surface area contributed by atoms with Crippen molar-refractivity contribution in [3.05, 3.63) is 86.7 Å². The summed E-state index contributed by atoms with van der Waals surface area (Å²) in [6.45, 7) is 15.6. The summed E-state index contributed by atoms with van der Waals surface area (Å²) in [6.07, 6.45) is 17.7. The van der Waals surface area contributed by atoms with E-state index < -0.39 is 0 Å². The number of aromatic nitrogens is 1. The molecule has 1 aromatic heterocycles. The molecular weight excluding hydrogens is 749 g/mol. The number of benzene rings is 2. The van der Waals surface area contributed by atoms with Gasteiger partial charge in [-0.15, -0.1) is 0 Å². The minimum Gasteiger partial charge on any atom is -1.00 e. The number of hydrogen-bond acceptors (Lipinski definition) is 3. The van der Waals surface area contributed by atoms with Gasteiger partial charge in [0.2, 0.25) is 0 Å². The Hall–Kier alpha value is -0.849. The molecule has 3 nitrogen and oxygen atoms in total. The van der Waals surface area contributed by atoms with E-state index in [1.165, 1.54) is 90.3 Å². The summed E-state index contributed by atoms with van der Waals surface area (Å²) in [5, 5.41) is 0. The number of rotatable bonds is 16. The summed E-state index contributed by atoms with van der Waals surface area (Å²) < 4.78 is 0. The quantitative estimate of drug-likeness (QED) is 0.204. The number of halogens is 3. The number of aliphatic imine (C=N–C) groups is 2. The van der Waals surface area contributed by atoms with Crippen molar-refractivity contribution in [1.29, 1.82) is 0 Å². The molecule has 3 aromatic rings. The molecule has 45 heavy (non-hydrogen) atoms. The monoisotopic (exact) mass is 798 g/mol. The Morgan fingerprint density at radius 1 is 0.489 bits per heavy atom. The third kappa shape index (κ3) is 15.3. The fourth-order valence-electron chi connectivity index (χ4n) is 5.55. The zero-order valence-corrected chi connectivity index (χ0v) is 34.1. The van der Waals surface area contributed by atoms with Gasteiger partial charge in [0.05, 0.1) is 35.2 Å². The third-order valence-corrected chi connectivity index (χ3v) is 7.68. The van der Waals surface area contributed by atoms with Gasteiger partial charge in [0, 0.05) is 0 Å². The summed E-state index contributed by atoms with van der Waals surface area (Å²) in [5.41, 5.74) is 13.4. The van der Waals surface area contributed by atoms with Crippen molar-refractivity contribution in [1.82, 2.24) is 4.98 Å². The minimum atomic E-state index is 0. The predicted molar refractivity (Wildman–Crippen MR) is 180 cm³/mol. The SMILES string of the molecule is CCCCc1cc(C)cc(CCCC)c1N=Cc1cc(C)cc(C=Nc2c(CCCC)cc(C)cc2CCCC)n1.[Cl-].[Cl-].[Cl-].[Nd+3]. The van der Waals surface area contributed by atoms with Crippen LogP contribution in [0.5, 0.6) is 0 Å². The van der Waals surface area contributed by atoms with Gasteiger partial charge in [0.25, 0.3) is 0 Å². The maximum Gasteiger partial charge on any atom is 3.00 e. The Labute approximate surface area is 326 Å². The van der Waals surface area contributed by atoms with Crippen LogP contribution in [0.4, 0.5) is 11.4 Å². The van der Waals surface area contributed by atoms with Gasteiger partial charge in [-0.3, -0.25) is 9.98 Å². The molecule has 2 aromatic carbocycles. The van der Waals surface area contributed by atoms with Gasteiger partial charge < -0.3 is 37.2 Å². The van der Waals surface area contributed by atoms with Crippen molar-refractivity contribution in [3.63, 3.8) is 0 Å². The summed E-state index contributed by atoms with van der Waals surface area (Å²) in [6, 6.07) is 13.6. The normalized spacial score (nSPS) is 10.7. The number of unbranched alkanes of at least 4 members (excludes halogenated alkanes) is 4. The number of aryl methyl sites for hydroxylation is 7. The first-order valence-electron chi connectivity index (χ1n) is 16.2. The first kappa shape index (κ1) is 46.3. The zero-order valence-electron chi connectivity index (χ0n) is 28.6. The van der Waals surface area contributed by atoms with Crippen LogP contribution in [-0.4, -0.2) is 17.4 Å². The molecule has 0 bridgehead atoms. The number of nitrogens with zero attached hydrogens (tertiary/aromatic N) is 3. The van der Waals surface area contributed by atoms with E-state index in [0.29, 0.717) is 0 Å². The molecule has 0 aliphatic rings. The maximum atomic E-state index is 5.10. The second-order valence-electron chi connectivity index (χ2n) is 11.8. The molecule has 0 amide bonds. The second kappa shape index (κ2) is 25.2. The minimum absolute atomic E-state index is 0. The van der Waals surface area contributed by atoms with Gasteiger partial charge in [-0.05, 0) is 112 Å². The van der Waals surface area contributed by atoms with E-state index in [1.54, 1.807) is 0 Å². The maximum absolute atomic E-state index is 5.10. The fraction of sp³-hybridized carbons (Fsp3) is 0.500. The van der Waals surface area contributed by atoms with Crippen LogP contribution in [0, 0.1) is 61.6 Å². The standard InChI is InChI=1S/C38H53N3.3ClH.Nd/c1-8-12-16-31-20-28(5)21-32(17-13-9-2)37(31)39-26-35-24-30(7)25-36(41-35)27-40-38-33(18-14-10-3)22-29(6)23-34(38)19-15-11-4;;;;/h20-27H,8-19H2,1-7H3;3*1H;/q;;;;+3/p-3. The molecule has 0 N–H and O–H groups in total. The van der Waals surface area contributed by atoms with Gasteiger partial charge in [-0.1, -0.05) is 88.8 Å². The van der Waals surface area contributed by atoms with Crippen LogP contribution < -0.4 is 37.2 Å². The Balaban J connectivity index is 0. The van der Waals surface area contributed by atoms with E-state index in [0.717, 1.165) is 48.4 Å². The van der Waals surface area contributed by atoms with Crippen LogP contribution in [0.15, 0.2) is 46.4 Å². The largest absolute Gasteiger partial charge is 3.00 e. The molecule has 0 fully saturated rings. The molecule has 0 unspecified atom stereocenters. The Kier molecular flexibility index (Phi) is 25.9. The molecule has 0 spiro atoms. The topological polar surface area (TPSA) is 37.6 Å². The fourth-order valence-corrected chi connectivity index (χ4v) is 5.55. The Morgan fingerprint density at radius 3 is 1.02 bits per heavy atom. The van der Waals surface area contributed by atoms with Crippen LogP contribution in [0.1, 0.15) is 129 Å². The van der Waals surface area contributed by atoms with Gasteiger partial charge in [-0.2, -0.15) is 0 Å². The summed E-state index contributed by atoms with van der Waals surface area (Å²) >= 11 is 0. The van der Waals surface area contributed by atoms with E-state index in [2.05, 4.69) is 84.9 Å². The molecule has 0 saturated carbocycles. The van der Waals surface area contributed by atoms with Crippen LogP contribution >= 0.6 is 0 Å². The van der Waals surface area contributed by atoms with Crippen molar-refractivity contribution in [2.24, 2.45) is 9.98 Å². The summed E-state index contributed by atoms with van der Waals surface area (Å²) in [4.78, 5) is 15.2. The summed E-state index contributed by atoms with van der Waals surface area (Å²) in [7, 11) is 0. The first-order chi connectivity index (χ1) is 19.9. The molecule has 0 saturated heterocycles. The zero-order chi connectivity index (χ0) is 29.6. The molecule has 245 valence electrons. The van der Waals surface area contributed by atoms with Crippen molar-refractivity contribution in [2.75, 3.05) is 0 Å². The van der Waals surface area contributed by atoms with Crippen molar-refractivity contribution < 1.29 is 78.1 Å². The molecule has 1 heterocycles. The summed E-state index contributed by atoms with van der Waals surface area (Å²) in [5.74, 6) is 0. The molecule has 0 aliphatic heterocycles. The van der Waals surface area contributed by atoms with E-state index in [4.69, 9.17) is 15.0 Å². The average Bonchev–Trinajstić information content (AvgIpc) is 2.95. The average molecular weight is 802 g/mol. The number of pyridine rings is 1. The van der Waals surface area contributed by atoms with Crippen LogP contribution in [0.2, 0.25) is 0 Å². The van der Waals surface area contributed by atoms with Gasteiger partial charge in [0.1, 0.15) is 0 Å². The van der Waals surface area contributed by atoms with E-state index >= 15 is 0 Å². The van der Waals surface area contributed by atoms with E-state index in [1.807, 2.05) is 12.4 Å². The molecular formula is C38H53Cl3N3Nd. The molecule has 0 aliphatic carbocycles. The smallest absolute Gasteiger partial charge is 1.00 e. The predicted octanol–water partition coefficient (Wildman–Crippen LogP) is 1.89. The van der Waals surface area contributed by atoms with Crippen molar-refractivity contribution >= 4 is 23.8 Å². The van der Waals surface area contributed by atoms with Crippen LogP contribution in [-0.2, 0) is 25.7 Å². The number of hydrogen-bond donors (Lipinski definition) is 0. The molecule has 0 atom stereocenters. The molecule has 1 radical (unpaired) electrons. The van der Waals surface area contributed by atoms with E-state index in [-0.39, 0.29) is 78.1 Å². The molecule has 7 heteroatoms. The van der Waals surface area contributed by atoms with Gasteiger partial charge >= 0.3 is 40.8 Å². The first-order valence-corrected chi connectivity index (χ1v) is 16.2. The molecule has 3 rings (SSSR count). The Bertz CT molecular complexity index is 1180. The second-order valence-corrected chi connectivity index (χ2v) is 11.8. The van der Waals surface area contributed by atoms with E-state index in [9.17, 15) is 0 Å². The van der Waals surface area contributed by atoms with Crippen molar-refractivity contribution in [3.8, 4) is 0 Å².